The third kappa shape index (κ3) is 2.37. The molecule has 114 valence electrons. The van der Waals surface area contributed by atoms with Crippen LogP contribution in [0.4, 0.5) is 5.95 Å². The van der Waals surface area contributed by atoms with Gasteiger partial charge in [-0.15, -0.1) is 0 Å². The first-order valence-corrected chi connectivity index (χ1v) is 7.47. The highest BCUT2D eigenvalue weighted by Crippen LogP contribution is 2.45. The molecule has 1 aromatic rings. The van der Waals surface area contributed by atoms with Crippen LogP contribution < -0.4 is 4.90 Å². The van der Waals surface area contributed by atoms with Gasteiger partial charge in [0.1, 0.15) is 0 Å². The average molecular weight is 290 g/mol. The Bertz CT molecular complexity index is 510. The summed E-state index contributed by atoms with van der Waals surface area (Å²) in [5, 5.41) is 0. The van der Waals surface area contributed by atoms with Gasteiger partial charge in [-0.05, 0) is 18.4 Å². The van der Waals surface area contributed by atoms with Gasteiger partial charge in [0, 0.05) is 45.7 Å². The minimum atomic E-state index is -0.271. The Hall–Kier alpha value is -1.69. The summed E-state index contributed by atoms with van der Waals surface area (Å²) in [5.74, 6) is 1.32. The molecule has 0 aliphatic carbocycles. The molecule has 2 atom stereocenters. The molecule has 0 N–H and O–H groups in total. The molecule has 1 spiro atoms. The standard InChI is InChI=1S/C15H22N4O2/c1-12-10-19(14-16-5-3-6-17-14)11-15(12)4-7-18(13(15)20)8-9-21-2/h3,5-6,12H,4,7-11H2,1-2H3/t12-,15-/m0/s1. The van der Waals surface area contributed by atoms with Crippen LogP contribution in [-0.2, 0) is 9.53 Å². The molecule has 0 bridgehead atoms. The van der Waals surface area contributed by atoms with Crippen molar-refractivity contribution in [2.75, 3.05) is 44.8 Å². The molecule has 0 radical (unpaired) electrons. The van der Waals surface area contributed by atoms with Crippen molar-refractivity contribution >= 4 is 11.9 Å². The van der Waals surface area contributed by atoms with Crippen molar-refractivity contribution in [2.24, 2.45) is 11.3 Å². The number of nitrogens with zero attached hydrogens (tertiary/aromatic N) is 4. The Balaban J connectivity index is 1.76. The predicted molar refractivity (Wildman–Crippen MR) is 78.9 cm³/mol. The summed E-state index contributed by atoms with van der Waals surface area (Å²) < 4.78 is 5.10. The van der Waals surface area contributed by atoms with E-state index in [4.69, 9.17) is 4.74 Å². The lowest BCUT2D eigenvalue weighted by atomic mass is 9.78. The van der Waals surface area contributed by atoms with Crippen molar-refractivity contribution in [2.45, 2.75) is 13.3 Å². The Morgan fingerprint density at radius 1 is 1.43 bits per heavy atom. The molecule has 1 aromatic heterocycles. The van der Waals surface area contributed by atoms with Gasteiger partial charge in [0.2, 0.25) is 11.9 Å². The van der Waals surface area contributed by atoms with Crippen LogP contribution in [0.15, 0.2) is 18.5 Å². The van der Waals surface area contributed by atoms with Crippen molar-refractivity contribution in [3.05, 3.63) is 18.5 Å². The minimum absolute atomic E-state index is 0.269. The number of rotatable bonds is 4. The van der Waals surface area contributed by atoms with Crippen LogP contribution in [0, 0.1) is 11.3 Å². The van der Waals surface area contributed by atoms with Gasteiger partial charge < -0.3 is 14.5 Å². The Kier molecular flexibility index (Phi) is 3.80. The van der Waals surface area contributed by atoms with Gasteiger partial charge in [0.15, 0.2) is 0 Å². The molecule has 2 fully saturated rings. The van der Waals surface area contributed by atoms with Crippen LogP contribution in [0.3, 0.4) is 0 Å². The number of hydrogen-bond donors (Lipinski definition) is 0. The van der Waals surface area contributed by atoms with Crippen molar-refractivity contribution in [3.63, 3.8) is 0 Å². The van der Waals surface area contributed by atoms with Crippen LogP contribution in [0.25, 0.3) is 0 Å². The number of likely N-dealkylation sites (tertiary alicyclic amines) is 1. The Morgan fingerprint density at radius 3 is 2.90 bits per heavy atom. The van der Waals surface area contributed by atoms with Crippen molar-refractivity contribution < 1.29 is 9.53 Å². The third-order valence-electron chi connectivity index (χ3n) is 4.85. The quantitative estimate of drug-likeness (QED) is 0.821. The SMILES string of the molecule is COCCN1CC[C@@]2(CN(c3ncccn3)C[C@@H]2C)C1=O. The van der Waals surface area contributed by atoms with Crippen LogP contribution in [-0.4, -0.2) is 60.7 Å². The molecule has 0 aromatic carbocycles. The van der Waals surface area contributed by atoms with E-state index in [-0.39, 0.29) is 11.3 Å². The summed E-state index contributed by atoms with van der Waals surface area (Å²) in [5.41, 5.74) is -0.271. The number of amides is 1. The number of carbonyl (C=O) groups is 1. The zero-order valence-electron chi connectivity index (χ0n) is 12.7. The first kappa shape index (κ1) is 14.3. The van der Waals surface area contributed by atoms with Crippen LogP contribution >= 0.6 is 0 Å². The Morgan fingerprint density at radius 2 is 2.19 bits per heavy atom. The summed E-state index contributed by atoms with van der Waals surface area (Å²) in [7, 11) is 1.67. The van der Waals surface area contributed by atoms with E-state index in [2.05, 4.69) is 21.8 Å². The van der Waals surface area contributed by atoms with E-state index >= 15 is 0 Å². The van der Waals surface area contributed by atoms with Gasteiger partial charge in [-0.25, -0.2) is 9.97 Å². The van der Waals surface area contributed by atoms with Crippen molar-refractivity contribution in [3.8, 4) is 0 Å². The zero-order chi connectivity index (χ0) is 14.9. The lowest BCUT2D eigenvalue weighted by Crippen LogP contribution is -2.40. The molecule has 6 nitrogen and oxygen atoms in total. The minimum Gasteiger partial charge on any atom is -0.383 e. The molecular weight excluding hydrogens is 268 g/mol. The van der Waals surface area contributed by atoms with Gasteiger partial charge in [-0.3, -0.25) is 4.79 Å². The number of hydrogen-bond acceptors (Lipinski definition) is 5. The monoisotopic (exact) mass is 290 g/mol. The summed E-state index contributed by atoms with van der Waals surface area (Å²) >= 11 is 0. The van der Waals surface area contributed by atoms with E-state index in [1.165, 1.54) is 0 Å². The smallest absolute Gasteiger partial charge is 0.231 e. The molecule has 2 aliphatic rings. The highest BCUT2D eigenvalue weighted by Gasteiger charge is 2.55. The second-order valence-corrected chi connectivity index (χ2v) is 6.02. The average Bonchev–Trinajstić information content (AvgIpc) is 3.01. The van der Waals surface area contributed by atoms with E-state index in [1.807, 2.05) is 11.0 Å². The number of anilines is 1. The highest BCUT2D eigenvalue weighted by atomic mass is 16.5. The second kappa shape index (κ2) is 5.60. The highest BCUT2D eigenvalue weighted by molar-refractivity contribution is 5.86. The largest absolute Gasteiger partial charge is 0.383 e. The van der Waals surface area contributed by atoms with Gasteiger partial charge in [0.25, 0.3) is 0 Å². The summed E-state index contributed by atoms with van der Waals surface area (Å²) in [6, 6.07) is 1.81. The first-order valence-electron chi connectivity index (χ1n) is 7.47. The first-order chi connectivity index (χ1) is 10.2. The molecular formula is C15H22N4O2. The van der Waals surface area contributed by atoms with Crippen LogP contribution in [0.2, 0.25) is 0 Å². The number of carbonyl (C=O) groups excluding carboxylic acids is 1. The topological polar surface area (TPSA) is 58.6 Å². The fourth-order valence-corrected chi connectivity index (χ4v) is 3.55. The van der Waals surface area contributed by atoms with Crippen molar-refractivity contribution in [1.82, 2.24) is 14.9 Å². The maximum absolute atomic E-state index is 12.8. The van der Waals surface area contributed by atoms with E-state index in [0.29, 0.717) is 19.1 Å². The molecule has 2 saturated heterocycles. The molecule has 6 heteroatoms. The predicted octanol–water partition coefficient (Wildman–Crippen LogP) is 0.798. The van der Waals surface area contributed by atoms with E-state index in [9.17, 15) is 4.79 Å². The van der Waals surface area contributed by atoms with Crippen LogP contribution in [0.1, 0.15) is 13.3 Å². The van der Waals surface area contributed by atoms with E-state index < -0.39 is 0 Å². The molecule has 0 saturated carbocycles. The number of ether oxygens (including phenoxy) is 1. The third-order valence-corrected chi connectivity index (χ3v) is 4.85. The molecule has 3 rings (SSSR count). The Labute approximate surface area is 125 Å². The molecule has 3 heterocycles. The second-order valence-electron chi connectivity index (χ2n) is 6.02. The van der Waals surface area contributed by atoms with Crippen LogP contribution in [0.5, 0.6) is 0 Å². The summed E-state index contributed by atoms with van der Waals surface area (Å²) in [6.45, 7) is 5.85. The van der Waals surface area contributed by atoms with Gasteiger partial charge in [-0.1, -0.05) is 6.92 Å². The maximum Gasteiger partial charge on any atom is 0.231 e. The molecule has 2 aliphatic heterocycles. The lowest BCUT2D eigenvalue weighted by molar-refractivity contribution is -0.137. The van der Waals surface area contributed by atoms with E-state index in [0.717, 1.165) is 32.0 Å². The maximum atomic E-state index is 12.8. The van der Waals surface area contributed by atoms with Gasteiger partial charge in [0.05, 0.1) is 12.0 Å². The molecule has 21 heavy (non-hydrogen) atoms. The van der Waals surface area contributed by atoms with Gasteiger partial charge in [-0.2, -0.15) is 0 Å². The molecule has 1 amide bonds. The number of methoxy groups -OCH3 is 1. The summed E-state index contributed by atoms with van der Waals surface area (Å²) in [6.07, 6.45) is 4.42. The van der Waals surface area contributed by atoms with Gasteiger partial charge >= 0.3 is 0 Å². The molecule has 0 unspecified atom stereocenters. The van der Waals surface area contributed by atoms with E-state index in [1.54, 1.807) is 19.5 Å². The zero-order valence-corrected chi connectivity index (χ0v) is 12.7. The number of aromatic nitrogens is 2. The lowest BCUT2D eigenvalue weighted by Gasteiger charge is -2.26. The fourth-order valence-electron chi connectivity index (χ4n) is 3.55. The van der Waals surface area contributed by atoms with Crippen molar-refractivity contribution in [1.29, 1.82) is 0 Å². The summed E-state index contributed by atoms with van der Waals surface area (Å²) in [4.78, 5) is 25.5. The fraction of sp³-hybridized carbons (Fsp3) is 0.667. The normalized spacial score (nSPS) is 28.9.